The van der Waals surface area contributed by atoms with Gasteiger partial charge in [-0.05, 0) is 32.8 Å². The lowest BCUT2D eigenvalue weighted by atomic mass is 10.1. The minimum atomic E-state index is -0.582. The largest absolute Gasteiger partial charge is 0.444 e. The van der Waals surface area contributed by atoms with E-state index in [1.807, 2.05) is 37.3 Å². The van der Waals surface area contributed by atoms with E-state index >= 15 is 0 Å². The van der Waals surface area contributed by atoms with Crippen LogP contribution in [0, 0.1) is 0 Å². The van der Waals surface area contributed by atoms with Crippen LogP contribution in [-0.2, 0) is 16.1 Å². The molecule has 0 saturated carbocycles. The number of nitrogens with one attached hydrogen (secondary N) is 2. The molecule has 22 heavy (non-hydrogen) atoms. The quantitative estimate of drug-likeness (QED) is 0.849. The fraction of sp³-hybridized carbons (Fsp3) is 0.529. The molecule has 0 fully saturated rings. The minimum Gasteiger partial charge on any atom is -0.444 e. The molecule has 0 aliphatic rings. The van der Waals surface area contributed by atoms with Crippen LogP contribution in [0.5, 0.6) is 0 Å². The van der Waals surface area contributed by atoms with Gasteiger partial charge in [0, 0.05) is 6.54 Å². The molecule has 2 N–H and O–H groups in total. The Morgan fingerprint density at radius 3 is 2.36 bits per heavy atom. The third kappa shape index (κ3) is 7.11. The Morgan fingerprint density at radius 2 is 1.82 bits per heavy atom. The van der Waals surface area contributed by atoms with E-state index in [0.29, 0.717) is 13.0 Å². The van der Waals surface area contributed by atoms with Crippen LogP contribution in [-0.4, -0.2) is 23.6 Å². The van der Waals surface area contributed by atoms with Crippen LogP contribution in [0.15, 0.2) is 30.3 Å². The zero-order valence-corrected chi connectivity index (χ0v) is 13.8. The Kier molecular flexibility index (Phi) is 6.89. The first-order valence-electron chi connectivity index (χ1n) is 7.63. The summed E-state index contributed by atoms with van der Waals surface area (Å²) in [5.41, 5.74) is 0.435. The van der Waals surface area contributed by atoms with Crippen LogP contribution >= 0.6 is 0 Å². The van der Waals surface area contributed by atoms with Gasteiger partial charge in [0.2, 0.25) is 5.91 Å². The molecule has 0 radical (unpaired) electrons. The van der Waals surface area contributed by atoms with Gasteiger partial charge in [-0.25, -0.2) is 4.79 Å². The zero-order valence-electron chi connectivity index (χ0n) is 13.8. The third-order valence-corrected chi connectivity index (χ3v) is 2.89. The van der Waals surface area contributed by atoms with Gasteiger partial charge in [0.15, 0.2) is 0 Å². The Hall–Kier alpha value is -2.04. The maximum atomic E-state index is 12.2. The molecule has 1 atom stereocenters. The summed E-state index contributed by atoms with van der Waals surface area (Å²) in [6.07, 6.45) is 0.792. The van der Waals surface area contributed by atoms with E-state index in [1.165, 1.54) is 0 Å². The monoisotopic (exact) mass is 306 g/mol. The molecule has 122 valence electrons. The predicted molar refractivity (Wildman–Crippen MR) is 86.4 cm³/mol. The Bertz CT molecular complexity index is 480. The molecule has 1 aromatic carbocycles. The van der Waals surface area contributed by atoms with Crippen molar-refractivity contribution in [1.29, 1.82) is 0 Å². The summed E-state index contributed by atoms with van der Waals surface area (Å²) in [4.78, 5) is 24.0. The van der Waals surface area contributed by atoms with Crippen LogP contribution in [0.4, 0.5) is 4.79 Å². The molecule has 0 heterocycles. The van der Waals surface area contributed by atoms with E-state index in [9.17, 15) is 9.59 Å². The van der Waals surface area contributed by atoms with Crippen molar-refractivity contribution in [3.8, 4) is 0 Å². The number of hydrogen-bond acceptors (Lipinski definition) is 3. The first-order valence-corrected chi connectivity index (χ1v) is 7.63. The maximum absolute atomic E-state index is 12.2. The fourth-order valence-electron chi connectivity index (χ4n) is 1.92. The van der Waals surface area contributed by atoms with Gasteiger partial charge in [-0.15, -0.1) is 0 Å². The van der Waals surface area contributed by atoms with Gasteiger partial charge in [0.1, 0.15) is 11.6 Å². The zero-order chi connectivity index (χ0) is 16.6. The van der Waals surface area contributed by atoms with E-state index in [0.717, 1.165) is 12.0 Å². The lowest BCUT2D eigenvalue weighted by Gasteiger charge is -2.23. The lowest BCUT2D eigenvalue weighted by molar-refractivity contribution is -0.123. The number of amides is 2. The highest BCUT2D eigenvalue weighted by atomic mass is 16.6. The molecule has 0 bridgehead atoms. The van der Waals surface area contributed by atoms with Gasteiger partial charge in [-0.2, -0.15) is 0 Å². The average molecular weight is 306 g/mol. The highest BCUT2D eigenvalue weighted by Gasteiger charge is 2.23. The summed E-state index contributed by atoms with van der Waals surface area (Å²) in [6, 6.07) is 9.07. The second-order valence-electron chi connectivity index (χ2n) is 6.19. The van der Waals surface area contributed by atoms with Crippen LogP contribution < -0.4 is 10.6 Å². The number of ether oxygens (including phenoxy) is 1. The standard InChI is InChI=1S/C17H26N2O3/c1-5-9-14(19-16(21)22-17(2,3)4)15(20)18-12-13-10-7-6-8-11-13/h6-8,10-11,14H,5,9,12H2,1-4H3,(H,18,20)(H,19,21)/t14-/m0/s1. The summed E-state index contributed by atoms with van der Waals surface area (Å²) in [6.45, 7) is 7.77. The highest BCUT2D eigenvalue weighted by Crippen LogP contribution is 2.08. The molecule has 0 aliphatic carbocycles. The number of rotatable bonds is 6. The molecular formula is C17H26N2O3. The number of carbonyl (C=O) groups excluding carboxylic acids is 2. The van der Waals surface area contributed by atoms with Crippen molar-refractivity contribution < 1.29 is 14.3 Å². The van der Waals surface area contributed by atoms with Crippen molar-refractivity contribution in [3.63, 3.8) is 0 Å². The number of carbonyl (C=O) groups is 2. The SMILES string of the molecule is CCC[C@H](NC(=O)OC(C)(C)C)C(=O)NCc1ccccc1. The normalized spacial score (nSPS) is 12.4. The first kappa shape index (κ1) is 18.0. The summed E-state index contributed by atoms with van der Waals surface area (Å²) in [5, 5.41) is 5.48. The Balaban J connectivity index is 2.54. The molecule has 1 rings (SSSR count). The van der Waals surface area contributed by atoms with E-state index < -0.39 is 17.7 Å². The summed E-state index contributed by atoms with van der Waals surface area (Å²) < 4.78 is 5.20. The Labute approximate surface area is 132 Å². The van der Waals surface area contributed by atoms with Crippen LogP contribution in [0.1, 0.15) is 46.1 Å². The van der Waals surface area contributed by atoms with Gasteiger partial charge in [0.05, 0.1) is 0 Å². The van der Waals surface area contributed by atoms with Crippen molar-refractivity contribution >= 4 is 12.0 Å². The molecule has 5 heteroatoms. The average Bonchev–Trinajstić information content (AvgIpc) is 2.43. The second-order valence-corrected chi connectivity index (χ2v) is 6.19. The van der Waals surface area contributed by atoms with Gasteiger partial charge in [-0.1, -0.05) is 43.7 Å². The van der Waals surface area contributed by atoms with Gasteiger partial charge in [0.25, 0.3) is 0 Å². The smallest absolute Gasteiger partial charge is 0.408 e. The molecule has 0 spiro atoms. The third-order valence-electron chi connectivity index (χ3n) is 2.89. The highest BCUT2D eigenvalue weighted by molar-refractivity contribution is 5.85. The fourth-order valence-corrected chi connectivity index (χ4v) is 1.92. The molecular weight excluding hydrogens is 280 g/mol. The summed E-state index contributed by atoms with van der Waals surface area (Å²) in [5.74, 6) is -0.198. The van der Waals surface area contributed by atoms with Crippen molar-refractivity contribution in [2.45, 2.75) is 58.7 Å². The van der Waals surface area contributed by atoms with Crippen molar-refractivity contribution in [3.05, 3.63) is 35.9 Å². The number of hydrogen-bond donors (Lipinski definition) is 2. The predicted octanol–water partition coefficient (Wildman–Crippen LogP) is 3.00. The molecule has 0 saturated heterocycles. The first-order chi connectivity index (χ1) is 10.3. The molecule has 0 unspecified atom stereocenters. The van der Waals surface area contributed by atoms with Crippen LogP contribution in [0.2, 0.25) is 0 Å². The molecule has 0 aliphatic heterocycles. The molecule has 2 amide bonds. The Morgan fingerprint density at radius 1 is 1.18 bits per heavy atom. The van der Waals surface area contributed by atoms with E-state index in [2.05, 4.69) is 10.6 Å². The van der Waals surface area contributed by atoms with Crippen molar-refractivity contribution in [1.82, 2.24) is 10.6 Å². The topological polar surface area (TPSA) is 67.4 Å². The maximum Gasteiger partial charge on any atom is 0.408 e. The van der Waals surface area contributed by atoms with Crippen LogP contribution in [0.3, 0.4) is 0 Å². The van der Waals surface area contributed by atoms with E-state index in [4.69, 9.17) is 4.74 Å². The van der Waals surface area contributed by atoms with Crippen molar-refractivity contribution in [2.24, 2.45) is 0 Å². The molecule has 5 nitrogen and oxygen atoms in total. The lowest BCUT2D eigenvalue weighted by Crippen LogP contribution is -2.47. The van der Waals surface area contributed by atoms with Crippen molar-refractivity contribution in [2.75, 3.05) is 0 Å². The summed E-state index contributed by atoms with van der Waals surface area (Å²) in [7, 11) is 0. The van der Waals surface area contributed by atoms with Gasteiger partial charge >= 0.3 is 6.09 Å². The van der Waals surface area contributed by atoms with Gasteiger partial charge < -0.3 is 15.4 Å². The molecule has 1 aromatic rings. The van der Waals surface area contributed by atoms with Gasteiger partial charge in [-0.3, -0.25) is 4.79 Å². The summed E-state index contributed by atoms with van der Waals surface area (Å²) >= 11 is 0. The molecule has 0 aromatic heterocycles. The van der Waals surface area contributed by atoms with E-state index in [1.54, 1.807) is 20.8 Å². The minimum absolute atomic E-state index is 0.198. The number of benzene rings is 1. The van der Waals surface area contributed by atoms with Crippen LogP contribution in [0.25, 0.3) is 0 Å². The van der Waals surface area contributed by atoms with E-state index in [-0.39, 0.29) is 5.91 Å². The number of alkyl carbamates (subject to hydrolysis) is 1. The second kappa shape index (κ2) is 8.41.